The second kappa shape index (κ2) is 6.31. The van der Waals surface area contributed by atoms with E-state index in [0.29, 0.717) is 12.8 Å². The molecule has 0 aliphatic carbocycles. The molecule has 11 heavy (non-hydrogen) atoms. The van der Waals surface area contributed by atoms with Gasteiger partial charge in [-0.2, -0.15) is 0 Å². The van der Waals surface area contributed by atoms with Gasteiger partial charge in [0.2, 0.25) is 0 Å². The zero-order valence-corrected chi connectivity index (χ0v) is 7.17. The number of rotatable bonds is 6. The second-order valence-electron chi connectivity index (χ2n) is 2.45. The van der Waals surface area contributed by atoms with E-state index in [1.807, 2.05) is 6.92 Å². The molecule has 0 saturated heterocycles. The number of ketones is 1. The van der Waals surface area contributed by atoms with Crippen LogP contribution in [0.15, 0.2) is 0 Å². The van der Waals surface area contributed by atoms with E-state index >= 15 is 0 Å². The number of aliphatic hydroxyl groups excluding tert-OH is 1. The number of carbonyl (C=O) groups is 1. The third kappa shape index (κ3) is 6.01. The van der Waals surface area contributed by atoms with Crippen molar-refractivity contribution in [2.45, 2.75) is 39.4 Å². The van der Waals surface area contributed by atoms with Crippen LogP contribution in [0.5, 0.6) is 0 Å². The molecule has 66 valence electrons. The Morgan fingerprint density at radius 3 is 2.64 bits per heavy atom. The summed E-state index contributed by atoms with van der Waals surface area (Å²) >= 11 is 0. The van der Waals surface area contributed by atoms with Gasteiger partial charge < -0.3 is 9.84 Å². The lowest BCUT2D eigenvalue weighted by Gasteiger charge is -2.08. The Bertz CT molecular complexity index is 112. The van der Waals surface area contributed by atoms with Crippen LogP contribution in [0.4, 0.5) is 0 Å². The van der Waals surface area contributed by atoms with E-state index in [0.717, 1.165) is 6.42 Å². The predicted octanol–water partition coefficient (Wildman–Crippen LogP) is 1.10. The Morgan fingerprint density at radius 1 is 1.55 bits per heavy atom. The number of Topliss-reactive ketones (excluding diaryl/α,β-unsaturated/α-hetero) is 1. The van der Waals surface area contributed by atoms with Gasteiger partial charge in [0.05, 0.1) is 0 Å². The highest BCUT2D eigenvalue weighted by atomic mass is 16.6. The van der Waals surface area contributed by atoms with Gasteiger partial charge in [-0.3, -0.25) is 4.79 Å². The number of hydrogen-bond donors (Lipinski definition) is 1. The molecule has 0 aromatic rings. The molecule has 0 saturated carbocycles. The summed E-state index contributed by atoms with van der Waals surface area (Å²) < 4.78 is 4.84. The molecule has 0 aromatic carbocycles. The lowest BCUT2D eigenvalue weighted by Crippen LogP contribution is -2.17. The molecule has 3 heteroatoms. The van der Waals surface area contributed by atoms with Crippen LogP contribution < -0.4 is 0 Å². The molecule has 1 atom stereocenters. The van der Waals surface area contributed by atoms with E-state index < -0.39 is 6.29 Å². The van der Waals surface area contributed by atoms with Crippen LogP contribution in [0.1, 0.15) is 33.1 Å². The molecule has 0 bridgehead atoms. The van der Waals surface area contributed by atoms with E-state index in [4.69, 9.17) is 9.84 Å². The van der Waals surface area contributed by atoms with Gasteiger partial charge in [-0.25, -0.2) is 0 Å². The van der Waals surface area contributed by atoms with Gasteiger partial charge in [0.15, 0.2) is 12.1 Å². The molecular formula is C8H16O3. The molecule has 0 amide bonds. The minimum absolute atomic E-state index is 0.0279. The van der Waals surface area contributed by atoms with E-state index in [-0.39, 0.29) is 12.4 Å². The van der Waals surface area contributed by atoms with Gasteiger partial charge in [0.25, 0.3) is 0 Å². The first-order chi connectivity index (χ1) is 5.20. The van der Waals surface area contributed by atoms with E-state index in [1.54, 1.807) is 6.92 Å². The molecule has 0 rings (SSSR count). The summed E-state index contributed by atoms with van der Waals surface area (Å²) in [6.07, 6.45) is 1.16. The SMILES string of the molecule is CCCC(O)OCC(=O)CC. The van der Waals surface area contributed by atoms with Gasteiger partial charge in [0.1, 0.15) is 6.61 Å². The molecule has 0 spiro atoms. The first kappa shape index (κ1) is 10.6. The van der Waals surface area contributed by atoms with E-state index in [2.05, 4.69) is 0 Å². The molecule has 3 nitrogen and oxygen atoms in total. The highest BCUT2D eigenvalue weighted by Crippen LogP contribution is 1.97. The predicted molar refractivity (Wildman–Crippen MR) is 42.2 cm³/mol. The largest absolute Gasteiger partial charge is 0.368 e. The Labute approximate surface area is 67.4 Å². The van der Waals surface area contributed by atoms with Crippen molar-refractivity contribution in [1.82, 2.24) is 0 Å². The van der Waals surface area contributed by atoms with Crippen molar-refractivity contribution in [2.75, 3.05) is 6.61 Å². The maximum absolute atomic E-state index is 10.7. The summed E-state index contributed by atoms with van der Waals surface area (Å²) in [4.78, 5) is 10.7. The average Bonchev–Trinajstić information content (AvgIpc) is 2.01. The number of hydrogen-bond acceptors (Lipinski definition) is 3. The zero-order valence-electron chi connectivity index (χ0n) is 7.17. The van der Waals surface area contributed by atoms with Crippen LogP contribution in [0.2, 0.25) is 0 Å². The highest BCUT2D eigenvalue weighted by molar-refractivity contribution is 5.79. The van der Waals surface area contributed by atoms with Crippen LogP contribution in [-0.4, -0.2) is 23.8 Å². The maximum Gasteiger partial charge on any atom is 0.158 e. The normalized spacial score (nSPS) is 13.0. The molecule has 0 aliphatic rings. The summed E-state index contributed by atoms with van der Waals surface area (Å²) in [5.41, 5.74) is 0. The van der Waals surface area contributed by atoms with Crippen molar-refractivity contribution in [3.05, 3.63) is 0 Å². The summed E-state index contributed by atoms with van der Waals surface area (Å²) in [5, 5.41) is 9.02. The highest BCUT2D eigenvalue weighted by Gasteiger charge is 2.04. The second-order valence-corrected chi connectivity index (χ2v) is 2.45. The summed E-state index contributed by atoms with van der Waals surface area (Å²) in [6.45, 7) is 3.77. The van der Waals surface area contributed by atoms with Crippen molar-refractivity contribution in [3.8, 4) is 0 Å². The fourth-order valence-electron chi connectivity index (χ4n) is 0.621. The number of carbonyl (C=O) groups excluding carboxylic acids is 1. The first-order valence-electron chi connectivity index (χ1n) is 4.02. The monoisotopic (exact) mass is 160 g/mol. The zero-order chi connectivity index (χ0) is 8.69. The van der Waals surface area contributed by atoms with Gasteiger partial charge >= 0.3 is 0 Å². The Hall–Kier alpha value is -0.410. The Morgan fingerprint density at radius 2 is 2.18 bits per heavy atom. The van der Waals surface area contributed by atoms with Gasteiger partial charge in [-0.05, 0) is 6.42 Å². The minimum Gasteiger partial charge on any atom is -0.368 e. The molecule has 1 N–H and O–H groups in total. The summed E-state index contributed by atoms with van der Waals surface area (Å²) in [5.74, 6) is 0.0279. The number of aliphatic hydroxyl groups is 1. The topological polar surface area (TPSA) is 46.5 Å². The third-order valence-electron chi connectivity index (χ3n) is 1.37. The van der Waals surface area contributed by atoms with Gasteiger partial charge in [-0.15, -0.1) is 0 Å². The summed E-state index contributed by atoms with van der Waals surface area (Å²) in [7, 11) is 0. The van der Waals surface area contributed by atoms with Crippen molar-refractivity contribution >= 4 is 5.78 Å². The standard InChI is InChI=1S/C8H16O3/c1-3-5-8(10)11-6-7(9)4-2/h8,10H,3-6H2,1-2H3. The van der Waals surface area contributed by atoms with E-state index in [9.17, 15) is 4.79 Å². The number of ether oxygens (including phenoxy) is 1. The lowest BCUT2D eigenvalue weighted by molar-refractivity contribution is -0.140. The average molecular weight is 160 g/mol. The smallest absolute Gasteiger partial charge is 0.158 e. The first-order valence-corrected chi connectivity index (χ1v) is 4.02. The Balaban J connectivity index is 3.29. The third-order valence-corrected chi connectivity index (χ3v) is 1.37. The van der Waals surface area contributed by atoms with Crippen molar-refractivity contribution < 1.29 is 14.6 Å². The Kier molecular flexibility index (Phi) is 6.07. The fourth-order valence-corrected chi connectivity index (χ4v) is 0.621. The van der Waals surface area contributed by atoms with E-state index in [1.165, 1.54) is 0 Å². The van der Waals surface area contributed by atoms with Crippen LogP contribution in [0, 0.1) is 0 Å². The lowest BCUT2D eigenvalue weighted by atomic mass is 10.3. The van der Waals surface area contributed by atoms with Crippen molar-refractivity contribution in [1.29, 1.82) is 0 Å². The van der Waals surface area contributed by atoms with Crippen molar-refractivity contribution in [2.24, 2.45) is 0 Å². The molecule has 0 aliphatic heterocycles. The maximum atomic E-state index is 10.7. The van der Waals surface area contributed by atoms with Crippen molar-refractivity contribution in [3.63, 3.8) is 0 Å². The molecule has 0 fully saturated rings. The van der Waals surface area contributed by atoms with Gasteiger partial charge in [-0.1, -0.05) is 20.3 Å². The van der Waals surface area contributed by atoms with Crippen LogP contribution in [0.3, 0.4) is 0 Å². The molecular weight excluding hydrogens is 144 g/mol. The fraction of sp³-hybridized carbons (Fsp3) is 0.875. The summed E-state index contributed by atoms with van der Waals surface area (Å²) in [6, 6.07) is 0. The molecule has 1 unspecified atom stereocenters. The van der Waals surface area contributed by atoms with Crippen LogP contribution in [-0.2, 0) is 9.53 Å². The van der Waals surface area contributed by atoms with Crippen LogP contribution >= 0.6 is 0 Å². The molecule has 0 aromatic heterocycles. The van der Waals surface area contributed by atoms with Crippen LogP contribution in [0.25, 0.3) is 0 Å². The molecule has 0 radical (unpaired) electrons. The minimum atomic E-state index is -0.768. The molecule has 0 heterocycles. The van der Waals surface area contributed by atoms with Gasteiger partial charge in [0, 0.05) is 6.42 Å². The quantitative estimate of drug-likeness (QED) is 0.592.